The van der Waals surface area contributed by atoms with Crippen LogP contribution in [0.3, 0.4) is 0 Å². The Labute approximate surface area is 175 Å². The minimum Gasteiger partial charge on any atom is -0.324 e. The average molecular weight is 421 g/mol. The fourth-order valence-electron chi connectivity index (χ4n) is 3.14. The third-order valence-corrected chi connectivity index (χ3v) is 6.65. The van der Waals surface area contributed by atoms with Gasteiger partial charge in [-0.2, -0.15) is 0 Å². The lowest BCUT2D eigenvalue weighted by Gasteiger charge is -2.21. The van der Waals surface area contributed by atoms with Crippen molar-refractivity contribution < 1.29 is 9.59 Å². The molecule has 6 nitrogen and oxygen atoms in total. The van der Waals surface area contributed by atoms with E-state index < -0.39 is 0 Å². The zero-order chi connectivity index (χ0) is 20.0. The second kappa shape index (κ2) is 7.06. The van der Waals surface area contributed by atoms with Crippen LogP contribution in [-0.2, 0) is 4.79 Å². The molecule has 144 valence electrons. The molecular weight excluding hydrogens is 404 g/mol. The van der Waals surface area contributed by atoms with Crippen LogP contribution in [0.15, 0.2) is 65.1 Å². The third-order valence-electron chi connectivity index (χ3n) is 4.70. The number of aromatic nitrogens is 2. The summed E-state index contributed by atoms with van der Waals surface area (Å²) in [5.74, 6) is -0.268. The van der Waals surface area contributed by atoms with Crippen molar-refractivity contribution in [2.45, 2.75) is 17.1 Å². The second-order valence-electron chi connectivity index (χ2n) is 6.71. The molecule has 2 amide bonds. The largest absolute Gasteiger partial charge is 0.324 e. The summed E-state index contributed by atoms with van der Waals surface area (Å²) in [7, 11) is 0. The molecule has 1 aliphatic heterocycles. The van der Waals surface area contributed by atoms with Crippen molar-refractivity contribution in [2.75, 3.05) is 10.6 Å². The normalized spacial score (nSPS) is 15.8. The summed E-state index contributed by atoms with van der Waals surface area (Å²) in [5.41, 5.74) is 3.76. The van der Waals surface area contributed by atoms with Gasteiger partial charge in [-0.3, -0.25) is 14.0 Å². The lowest BCUT2D eigenvalue weighted by atomic mass is 10.1. The van der Waals surface area contributed by atoms with E-state index in [4.69, 9.17) is 0 Å². The average Bonchev–Trinajstić information content (AvgIpc) is 3.31. The van der Waals surface area contributed by atoms with Crippen LogP contribution in [0.5, 0.6) is 0 Å². The summed E-state index contributed by atoms with van der Waals surface area (Å²) < 4.78 is 1.99. The van der Waals surface area contributed by atoms with Gasteiger partial charge in [0.05, 0.1) is 16.6 Å². The van der Waals surface area contributed by atoms with Crippen molar-refractivity contribution in [3.05, 3.63) is 65.8 Å². The molecule has 0 radical (unpaired) electrons. The number of thiazole rings is 1. The molecule has 2 N–H and O–H groups in total. The maximum absolute atomic E-state index is 12.6. The zero-order valence-electron chi connectivity index (χ0n) is 15.4. The highest BCUT2D eigenvalue weighted by molar-refractivity contribution is 8.00. The van der Waals surface area contributed by atoms with Gasteiger partial charge in [0.15, 0.2) is 4.96 Å². The maximum Gasteiger partial charge on any atom is 0.255 e. The fourth-order valence-corrected chi connectivity index (χ4v) is 4.77. The number of rotatable bonds is 3. The molecule has 4 aromatic rings. The molecule has 0 saturated heterocycles. The van der Waals surface area contributed by atoms with Crippen LogP contribution in [0.25, 0.3) is 16.2 Å². The summed E-state index contributed by atoms with van der Waals surface area (Å²) in [6.45, 7) is 1.86. The van der Waals surface area contributed by atoms with E-state index >= 15 is 0 Å². The highest BCUT2D eigenvalue weighted by atomic mass is 32.2. The minimum absolute atomic E-state index is 0.0465. The Hall–Kier alpha value is -3.10. The van der Waals surface area contributed by atoms with Gasteiger partial charge in [-0.15, -0.1) is 23.1 Å². The van der Waals surface area contributed by atoms with Crippen molar-refractivity contribution in [1.82, 2.24) is 9.38 Å². The van der Waals surface area contributed by atoms with E-state index in [-0.39, 0.29) is 17.1 Å². The van der Waals surface area contributed by atoms with E-state index in [0.717, 1.165) is 21.1 Å². The molecule has 0 aliphatic carbocycles. The molecule has 8 heteroatoms. The predicted molar refractivity (Wildman–Crippen MR) is 117 cm³/mol. The van der Waals surface area contributed by atoms with Crippen LogP contribution < -0.4 is 10.6 Å². The molecular formula is C21H16N4O2S2. The number of thioether (sulfide) groups is 1. The van der Waals surface area contributed by atoms with Gasteiger partial charge in [0.2, 0.25) is 5.91 Å². The molecule has 2 aromatic heterocycles. The van der Waals surface area contributed by atoms with Gasteiger partial charge in [-0.25, -0.2) is 4.98 Å². The van der Waals surface area contributed by atoms with Gasteiger partial charge in [0, 0.05) is 39.5 Å². The number of carbonyl (C=O) groups is 2. The Morgan fingerprint density at radius 1 is 1.21 bits per heavy atom. The molecule has 29 heavy (non-hydrogen) atoms. The zero-order valence-corrected chi connectivity index (χ0v) is 17.0. The smallest absolute Gasteiger partial charge is 0.255 e. The second-order valence-corrected chi connectivity index (χ2v) is 8.97. The van der Waals surface area contributed by atoms with E-state index in [9.17, 15) is 9.59 Å². The predicted octanol–water partition coefficient (Wildman–Crippen LogP) is 4.75. The molecule has 5 rings (SSSR count). The number of amides is 2. The van der Waals surface area contributed by atoms with Gasteiger partial charge in [0.1, 0.15) is 0 Å². The highest BCUT2D eigenvalue weighted by Gasteiger charge is 2.23. The summed E-state index contributed by atoms with van der Waals surface area (Å²) >= 11 is 3.08. The standard InChI is InChI=1S/C21H16N4O2S2/c1-12-19(26)23-16-10-14(4-7-18(16)29-12)20(27)22-15-5-2-13(3-6-15)17-11-25-8-9-28-21(25)24-17/h2-12H,1H3,(H,22,27)(H,23,26)/t12-/m0/s1. The van der Waals surface area contributed by atoms with Gasteiger partial charge in [-0.1, -0.05) is 12.1 Å². The SMILES string of the molecule is C[C@@H]1Sc2ccc(C(=O)Nc3ccc(-c4cn5ccsc5n4)cc3)cc2NC1=O. The number of imidazole rings is 1. The third kappa shape index (κ3) is 3.41. The van der Waals surface area contributed by atoms with E-state index in [1.807, 2.05) is 59.4 Å². The topological polar surface area (TPSA) is 75.5 Å². The Bertz CT molecular complexity index is 1210. The first-order chi connectivity index (χ1) is 14.1. The lowest BCUT2D eigenvalue weighted by Crippen LogP contribution is -2.26. The Kier molecular flexibility index (Phi) is 4.37. The number of carbonyl (C=O) groups excluding carboxylic acids is 2. The Balaban J connectivity index is 1.32. The number of nitrogens with zero attached hydrogens (tertiary/aromatic N) is 2. The first-order valence-electron chi connectivity index (χ1n) is 9.02. The molecule has 3 heterocycles. The number of anilines is 2. The number of fused-ring (bicyclic) bond motifs is 2. The van der Waals surface area contributed by atoms with Crippen LogP contribution in [0.2, 0.25) is 0 Å². The number of nitrogens with one attached hydrogen (secondary N) is 2. The number of hydrogen-bond donors (Lipinski definition) is 2. The molecule has 2 aromatic carbocycles. The van der Waals surface area contributed by atoms with Gasteiger partial charge >= 0.3 is 0 Å². The fraction of sp³-hybridized carbons (Fsp3) is 0.0952. The summed E-state index contributed by atoms with van der Waals surface area (Å²) in [5, 5.41) is 7.62. The van der Waals surface area contributed by atoms with Crippen molar-refractivity contribution in [3.63, 3.8) is 0 Å². The first kappa shape index (κ1) is 18.0. The summed E-state index contributed by atoms with van der Waals surface area (Å²) in [4.78, 5) is 31.0. The highest BCUT2D eigenvalue weighted by Crippen LogP contribution is 2.36. The Morgan fingerprint density at radius 3 is 2.83 bits per heavy atom. The van der Waals surface area contributed by atoms with Crippen LogP contribution in [0.4, 0.5) is 11.4 Å². The molecule has 1 aliphatic rings. The molecule has 0 saturated carbocycles. The van der Waals surface area contributed by atoms with Crippen LogP contribution in [0, 0.1) is 0 Å². The van der Waals surface area contributed by atoms with E-state index in [2.05, 4.69) is 15.6 Å². The molecule has 0 bridgehead atoms. The van der Waals surface area contributed by atoms with Crippen molar-refractivity contribution in [1.29, 1.82) is 0 Å². The lowest BCUT2D eigenvalue weighted by molar-refractivity contribution is -0.115. The van der Waals surface area contributed by atoms with Crippen molar-refractivity contribution in [2.24, 2.45) is 0 Å². The summed E-state index contributed by atoms with van der Waals surface area (Å²) in [6.07, 6.45) is 3.96. The van der Waals surface area contributed by atoms with Gasteiger partial charge < -0.3 is 10.6 Å². The van der Waals surface area contributed by atoms with Crippen LogP contribution in [-0.4, -0.2) is 26.4 Å². The monoisotopic (exact) mass is 420 g/mol. The first-order valence-corrected chi connectivity index (χ1v) is 10.8. The van der Waals surface area contributed by atoms with Gasteiger partial charge in [-0.05, 0) is 37.3 Å². The van der Waals surface area contributed by atoms with Crippen LogP contribution in [0.1, 0.15) is 17.3 Å². The van der Waals surface area contributed by atoms with Crippen molar-refractivity contribution in [3.8, 4) is 11.3 Å². The molecule has 0 unspecified atom stereocenters. The number of benzene rings is 2. The Morgan fingerprint density at radius 2 is 2.03 bits per heavy atom. The van der Waals surface area contributed by atoms with E-state index in [0.29, 0.717) is 16.9 Å². The molecule has 1 atom stereocenters. The van der Waals surface area contributed by atoms with Crippen molar-refractivity contribution >= 4 is 51.2 Å². The molecule has 0 fully saturated rings. The number of hydrogen-bond acceptors (Lipinski definition) is 5. The van der Waals surface area contributed by atoms with Gasteiger partial charge in [0.25, 0.3) is 5.91 Å². The quantitative estimate of drug-likeness (QED) is 0.502. The summed E-state index contributed by atoms with van der Waals surface area (Å²) in [6, 6.07) is 13.0. The van der Waals surface area contributed by atoms with E-state index in [1.54, 1.807) is 23.5 Å². The van der Waals surface area contributed by atoms with Crippen LogP contribution >= 0.6 is 23.1 Å². The minimum atomic E-state index is -0.221. The molecule has 0 spiro atoms. The van der Waals surface area contributed by atoms with E-state index in [1.165, 1.54) is 11.8 Å². The maximum atomic E-state index is 12.6.